The Morgan fingerprint density at radius 3 is 2.54 bits per heavy atom. The van der Waals surface area contributed by atoms with Crippen LogP contribution in [-0.4, -0.2) is 36.3 Å². The largest absolute Gasteiger partial charge is 0.463 e. The lowest BCUT2D eigenvalue weighted by molar-refractivity contribution is -0.139. The predicted octanol–water partition coefficient (Wildman–Crippen LogP) is 1.27. The molecule has 9 nitrogen and oxygen atoms in total. The van der Waals surface area contributed by atoms with Gasteiger partial charge in [-0.25, -0.2) is 9.59 Å². The number of carbonyl (C=O) groups is 3. The summed E-state index contributed by atoms with van der Waals surface area (Å²) in [5.41, 5.74) is -0.0597. The second-order valence-electron chi connectivity index (χ2n) is 6.81. The van der Waals surface area contributed by atoms with Gasteiger partial charge in [-0.3, -0.25) is 4.79 Å². The summed E-state index contributed by atoms with van der Waals surface area (Å²) in [7, 11) is 0. The molecular weight excluding hydrogens is 382 g/mol. The van der Waals surface area contributed by atoms with Crippen molar-refractivity contribution in [1.29, 1.82) is 10.5 Å². The highest BCUT2D eigenvalue weighted by Crippen LogP contribution is 2.42. The first kappa shape index (κ1) is 21.3. The summed E-state index contributed by atoms with van der Waals surface area (Å²) in [4.78, 5) is 36.4. The van der Waals surface area contributed by atoms with Crippen LogP contribution in [0.1, 0.15) is 27.7 Å². The zero-order chi connectivity index (χ0) is 21.1. The molecule has 0 unspecified atom stereocenters. The van der Waals surface area contributed by atoms with Gasteiger partial charge < -0.3 is 20.7 Å². The van der Waals surface area contributed by atoms with Crippen molar-refractivity contribution in [2.45, 2.75) is 33.7 Å². The summed E-state index contributed by atoms with van der Waals surface area (Å²) in [5, 5.41) is 27.0. The lowest BCUT2D eigenvalue weighted by atomic mass is 9.72. The molecular formula is C18H21N5O4S. The molecule has 0 aromatic rings. The van der Waals surface area contributed by atoms with Crippen LogP contribution in [0.4, 0.5) is 4.79 Å². The third-order valence-corrected chi connectivity index (χ3v) is 5.59. The minimum Gasteiger partial charge on any atom is -0.463 e. The minimum absolute atomic E-state index is 0.125. The van der Waals surface area contributed by atoms with Crippen LogP contribution in [0.3, 0.4) is 0 Å². The van der Waals surface area contributed by atoms with Gasteiger partial charge in [0.05, 0.1) is 41.0 Å². The third-order valence-electron chi connectivity index (χ3n) is 4.56. The van der Waals surface area contributed by atoms with Crippen LogP contribution < -0.4 is 16.0 Å². The van der Waals surface area contributed by atoms with Crippen molar-refractivity contribution >= 4 is 29.7 Å². The molecule has 0 aromatic carbocycles. The molecule has 0 saturated carbocycles. The zero-order valence-electron chi connectivity index (χ0n) is 16.0. The first-order chi connectivity index (χ1) is 13.2. The van der Waals surface area contributed by atoms with Gasteiger partial charge in [-0.15, -0.1) is 11.8 Å². The summed E-state index contributed by atoms with van der Waals surface area (Å²) < 4.78 is 5.06. The number of ether oxygens (including phenoxy) is 1. The van der Waals surface area contributed by atoms with E-state index in [0.29, 0.717) is 10.7 Å². The van der Waals surface area contributed by atoms with Crippen LogP contribution in [0.2, 0.25) is 0 Å². The maximum atomic E-state index is 12.3. The standard InChI is InChI=1S/C18H21N5O4S/c1-5-27-16(25)13-9(2)21-17(26)22-12(13)8-28-15-11(7-20)18(3,4)10(6-19)14(24)23-15/h9-10H,5,8H2,1-4H3,(H,23,24)(H2,21,22,26)/t9-,10+/m0/s1. The fraction of sp³-hybridized carbons (Fsp3) is 0.500. The number of carbonyl (C=O) groups excluding carboxylic acids is 3. The van der Waals surface area contributed by atoms with E-state index < -0.39 is 35.3 Å². The predicted molar refractivity (Wildman–Crippen MR) is 101 cm³/mol. The van der Waals surface area contributed by atoms with Gasteiger partial charge in [0.1, 0.15) is 5.92 Å². The minimum atomic E-state index is -0.987. The number of allylic oxidation sites excluding steroid dienone is 1. The second kappa shape index (κ2) is 8.36. The molecule has 0 fully saturated rings. The van der Waals surface area contributed by atoms with Crippen molar-refractivity contribution in [1.82, 2.24) is 16.0 Å². The number of esters is 1. The van der Waals surface area contributed by atoms with Crippen LogP contribution in [0.25, 0.3) is 0 Å². The fourth-order valence-electron chi connectivity index (χ4n) is 3.07. The maximum absolute atomic E-state index is 12.3. The molecule has 0 aromatic heterocycles. The average Bonchev–Trinajstić information content (AvgIpc) is 2.59. The molecule has 2 aliphatic heterocycles. The number of rotatable bonds is 5. The van der Waals surface area contributed by atoms with E-state index in [0.717, 1.165) is 11.8 Å². The molecule has 10 heteroatoms. The summed E-state index contributed by atoms with van der Waals surface area (Å²) in [6.07, 6.45) is 0. The molecule has 3 amide bonds. The summed E-state index contributed by atoms with van der Waals surface area (Å²) >= 11 is 1.11. The number of nitrogens with zero attached hydrogens (tertiary/aromatic N) is 2. The van der Waals surface area contributed by atoms with Crippen LogP contribution in [0.5, 0.6) is 0 Å². The van der Waals surface area contributed by atoms with Gasteiger partial charge in [0.2, 0.25) is 5.91 Å². The molecule has 0 radical (unpaired) electrons. The van der Waals surface area contributed by atoms with Gasteiger partial charge in [-0.1, -0.05) is 13.8 Å². The number of nitrogens with one attached hydrogen (secondary N) is 3. The molecule has 0 bridgehead atoms. The van der Waals surface area contributed by atoms with Crippen LogP contribution in [-0.2, 0) is 14.3 Å². The van der Waals surface area contributed by atoms with Gasteiger partial charge in [0.15, 0.2) is 0 Å². The third kappa shape index (κ3) is 3.97. The Labute approximate surface area is 167 Å². The van der Waals surface area contributed by atoms with Crippen LogP contribution >= 0.6 is 11.8 Å². The zero-order valence-corrected chi connectivity index (χ0v) is 16.8. The summed E-state index contributed by atoms with van der Waals surface area (Å²) in [6, 6.07) is 3.01. The van der Waals surface area contributed by atoms with Crippen molar-refractivity contribution in [3.8, 4) is 12.1 Å². The Balaban J connectivity index is 2.37. The molecule has 0 aliphatic carbocycles. The van der Waals surface area contributed by atoms with Crippen LogP contribution in [0.15, 0.2) is 21.9 Å². The highest BCUT2D eigenvalue weighted by Gasteiger charge is 2.44. The molecule has 2 aliphatic rings. The van der Waals surface area contributed by atoms with E-state index in [1.165, 1.54) is 0 Å². The number of hydrogen-bond acceptors (Lipinski definition) is 7. The topological polar surface area (TPSA) is 144 Å². The lowest BCUT2D eigenvalue weighted by Gasteiger charge is -2.34. The molecule has 0 saturated heterocycles. The van der Waals surface area contributed by atoms with Gasteiger partial charge in [0.25, 0.3) is 0 Å². The fourth-order valence-corrected chi connectivity index (χ4v) is 4.21. The van der Waals surface area contributed by atoms with Crippen molar-refractivity contribution in [3.63, 3.8) is 0 Å². The van der Waals surface area contributed by atoms with E-state index >= 15 is 0 Å². The van der Waals surface area contributed by atoms with Gasteiger partial charge in [-0.2, -0.15) is 10.5 Å². The molecule has 2 rings (SSSR count). The first-order valence-electron chi connectivity index (χ1n) is 8.63. The van der Waals surface area contributed by atoms with Gasteiger partial charge in [-0.05, 0) is 13.8 Å². The highest BCUT2D eigenvalue weighted by molar-refractivity contribution is 8.03. The van der Waals surface area contributed by atoms with Crippen molar-refractivity contribution in [2.24, 2.45) is 11.3 Å². The average molecular weight is 403 g/mol. The molecule has 2 atom stereocenters. The van der Waals surface area contributed by atoms with E-state index in [-0.39, 0.29) is 23.5 Å². The smallest absolute Gasteiger partial charge is 0.337 e. The number of hydrogen-bond donors (Lipinski definition) is 3. The van der Waals surface area contributed by atoms with E-state index in [2.05, 4.69) is 22.0 Å². The quantitative estimate of drug-likeness (QED) is 0.586. The first-order valence-corrected chi connectivity index (χ1v) is 9.61. The second-order valence-corrected chi connectivity index (χ2v) is 7.80. The highest BCUT2D eigenvalue weighted by atomic mass is 32.2. The van der Waals surface area contributed by atoms with Crippen LogP contribution in [0, 0.1) is 34.0 Å². The van der Waals surface area contributed by atoms with E-state index in [4.69, 9.17) is 4.74 Å². The Bertz CT molecular complexity index is 862. The van der Waals surface area contributed by atoms with Crippen molar-refractivity contribution in [2.75, 3.05) is 12.4 Å². The van der Waals surface area contributed by atoms with Gasteiger partial charge in [0, 0.05) is 16.9 Å². The van der Waals surface area contributed by atoms with Gasteiger partial charge >= 0.3 is 12.0 Å². The van der Waals surface area contributed by atoms with Crippen molar-refractivity contribution < 1.29 is 19.1 Å². The lowest BCUT2D eigenvalue weighted by Crippen LogP contribution is -2.49. The monoisotopic (exact) mass is 403 g/mol. The number of nitriles is 2. The normalized spacial score (nSPS) is 23.8. The Hall–Kier alpha value is -2.98. The Kier molecular flexibility index (Phi) is 6.37. The number of urea groups is 1. The van der Waals surface area contributed by atoms with E-state index in [1.807, 2.05) is 6.07 Å². The molecule has 148 valence electrons. The van der Waals surface area contributed by atoms with E-state index in [9.17, 15) is 24.9 Å². The molecule has 0 spiro atoms. The van der Waals surface area contributed by atoms with E-state index in [1.54, 1.807) is 27.7 Å². The molecule has 2 heterocycles. The number of amides is 3. The molecule has 3 N–H and O–H groups in total. The number of thioether (sulfide) groups is 1. The molecule has 28 heavy (non-hydrogen) atoms. The van der Waals surface area contributed by atoms with Crippen molar-refractivity contribution in [3.05, 3.63) is 21.9 Å². The Morgan fingerprint density at radius 1 is 1.29 bits per heavy atom. The maximum Gasteiger partial charge on any atom is 0.337 e. The summed E-state index contributed by atoms with van der Waals surface area (Å²) in [6.45, 7) is 6.86. The SMILES string of the molecule is CCOC(=O)C1=C(CSC2=C(C#N)C(C)(C)[C@H](C#N)C(=O)N2)NC(=O)N[C@H]1C. The summed E-state index contributed by atoms with van der Waals surface area (Å²) in [5.74, 6) is -1.90. The Morgan fingerprint density at radius 2 is 1.96 bits per heavy atom.